The number of rotatable bonds is 9. The molecule has 0 bridgehead atoms. The van der Waals surface area contributed by atoms with Gasteiger partial charge in [0.2, 0.25) is 5.91 Å². The van der Waals surface area contributed by atoms with Crippen molar-refractivity contribution in [2.75, 3.05) is 24.0 Å². The maximum atomic E-state index is 13.2. The molecule has 0 aliphatic heterocycles. The number of ether oxygens (including phenoxy) is 1. The number of nitrogens with zero attached hydrogens (tertiary/aromatic N) is 1. The van der Waals surface area contributed by atoms with Crippen LogP contribution in [0.3, 0.4) is 0 Å². The predicted molar refractivity (Wildman–Crippen MR) is 127 cm³/mol. The van der Waals surface area contributed by atoms with E-state index in [1.807, 2.05) is 32.0 Å². The van der Waals surface area contributed by atoms with Gasteiger partial charge in [0.15, 0.2) is 0 Å². The summed E-state index contributed by atoms with van der Waals surface area (Å²) in [7, 11) is -3.97. The highest BCUT2D eigenvalue weighted by Crippen LogP contribution is 2.26. The molecule has 0 fully saturated rings. The van der Waals surface area contributed by atoms with Gasteiger partial charge in [-0.1, -0.05) is 41.9 Å². The number of benzene rings is 3. The minimum atomic E-state index is -3.97. The number of sulfonamides is 1. The molecule has 1 N–H and O–H groups in total. The Bertz CT molecular complexity index is 1180. The lowest BCUT2D eigenvalue weighted by molar-refractivity contribution is -0.119. The van der Waals surface area contributed by atoms with Crippen LogP contribution >= 0.6 is 11.6 Å². The Labute approximate surface area is 193 Å². The zero-order chi connectivity index (χ0) is 23.1. The van der Waals surface area contributed by atoms with Gasteiger partial charge in [-0.25, -0.2) is 8.42 Å². The van der Waals surface area contributed by atoms with Crippen molar-refractivity contribution >= 4 is 33.2 Å². The van der Waals surface area contributed by atoms with Crippen LogP contribution in [0.2, 0.25) is 5.02 Å². The van der Waals surface area contributed by atoms with Crippen LogP contribution in [0.5, 0.6) is 5.75 Å². The molecule has 0 saturated heterocycles. The SMILES string of the molecule is Cc1ccc(OCCNC(=O)CN(c2cccc(Cl)c2)S(=O)(=O)c2ccccc2)cc1C. The molecule has 1 amide bonds. The second-order valence-electron chi connectivity index (χ2n) is 7.25. The molecule has 0 radical (unpaired) electrons. The van der Waals surface area contributed by atoms with Crippen LogP contribution in [0.25, 0.3) is 0 Å². The van der Waals surface area contributed by atoms with Crippen molar-refractivity contribution in [3.8, 4) is 5.75 Å². The Morgan fingerprint density at radius 2 is 1.72 bits per heavy atom. The van der Waals surface area contributed by atoms with E-state index in [1.165, 1.54) is 23.8 Å². The number of hydrogen-bond donors (Lipinski definition) is 1. The summed E-state index contributed by atoms with van der Waals surface area (Å²) >= 11 is 6.06. The molecule has 3 aromatic carbocycles. The van der Waals surface area contributed by atoms with Crippen LogP contribution in [-0.4, -0.2) is 34.0 Å². The molecule has 0 saturated carbocycles. The molecule has 168 valence electrons. The molecule has 0 atom stereocenters. The number of amides is 1. The van der Waals surface area contributed by atoms with E-state index in [0.717, 1.165) is 15.6 Å². The summed E-state index contributed by atoms with van der Waals surface area (Å²) in [6.45, 7) is 4.13. The van der Waals surface area contributed by atoms with Gasteiger partial charge in [0.1, 0.15) is 18.9 Å². The summed E-state index contributed by atoms with van der Waals surface area (Å²) in [5.74, 6) is 0.266. The fraction of sp³-hybridized carbons (Fsp3) is 0.208. The second-order valence-corrected chi connectivity index (χ2v) is 9.55. The van der Waals surface area contributed by atoms with Gasteiger partial charge in [-0.3, -0.25) is 9.10 Å². The van der Waals surface area contributed by atoms with Gasteiger partial charge >= 0.3 is 0 Å². The number of aryl methyl sites for hydroxylation is 2. The summed E-state index contributed by atoms with van der Waals surface area (Å²) in [6.07, 6.45) is 0. The molecule has 3 rings (SSSR count). The van der Waals surface area contributed by atoms with Crippen LogP contribution < -0.4 is 14.4 Å². The van der Waals surface area contributed by atoms with E-state index in [4.69, 9.17) is 16.3 Å². The number of carbonyl (C=O) groups excluding carboxylic acids is 1. The topological polar surface area (TPSA) is 75.7 Å². The van der Waals surface area contributed by atoms with Crippen LogP contribution in [0, 0.1) is 13.8 Å². The fourth-order valence-corrected chi connectivity index (χ4v) is 4.63. The Morgan fingerprint density at radius 1 is 0.969 bits per heavy atom. The molecule has 0 unspecified atom stereocenters. The van der Waals surface area contributed by atoms with E-state index in [2.05, 4.69) is 5.32 Å². The monoisotopic (exact) mass is 472 g/mol. The lowest BCUT2D eigenvalue weighted by Crippen LogP contribution is -2.41. The number of nitrogens with one attached hydrogen (secondary N) is 1. The van der Waals surface area contributed by atoms with Crippen molar-refractivity contribution in [2.45, 2.75) is 18.7 Å². The summed E-state index contributed by atoms with van der Waals surface area (Å²) in [5.41, 5.74) is 2.60. The van der Waals surface area contributed by atoms with Crippen molar-refractivity contribution in [1.82, 2.24) is 5.32 Å². The van der Waals surface area contributed by atoms with Crippen molar-refractivity contribution in [2.24, 2.45) is 0 Å². The first-order valence-corrected chi connectivity index (χ1v) is 11.9. The number of halogens is 1. The highest BCUT2D eigenvalue weighted by atomic mass is 35.5. The van der Waals surface area contributed by atoms with Crippen molar-refractivity contribution < 1.29 is 17.9 Å². The molecule has 3 aromatic rings. The molecule has 0 spiro atoms. The molecule has 0 aliphatic rings. The molecule has 32 heavy (non-hydrogen) atoms. The van der Waals surface area contributed by atoms with E-state index >= 15 is 0 Å². The van der Waals surface area contributed by atoms with E-state index in [9.17, 15) is 13.2 Å². The molecule has 0 heterocycles. The molecular formula is C24H25ClN2O4S. The smallest absolute Gasteiger partial charge is 0.264 e. The van der Waals surface area contributed by atoms with Gasteiger partial charge in [-0.2, -0.15) is 0 Å². The van der Waals surface area contributed by atoms with E-state index in [-0.39, 0.29) is 24.6 Å². The van der Waals surface area contributed by atoms with Gasteiger partial charge in [-0.15, -0.1) is 0 Å². The predicted octanol–water partition coefficient (Wildman–Crippen LogP) is 4.35. The van der Waals surface area contributed by atoms with Crippen LogP contribution in [0.1, 0.15) is 11.1 Å². The number of carbonyl (C=O) groups is 1. The third kappa shape index (κ3) is 6.02. The molecule has 8 heteroatoms. The Hall–Kier alpha value is -3.03. The summed E-state index contributed by atoms with van der Waals surface area (Å²) < 4.78 is 33.2. The van der Waals surface area contributed by atoms with E-state index in [0.29, 0.717) is 10.7 Å². The van der Waals surface area contributed by atoms with Crippen LogP contribution in [0.15, 0.2) is 77.7 Å². The highest BCUT2D eigenvalue weighted by Gasteiger charge is 2.27. The standard InChI is InChI=1S/C24H25ClN2O4S/c1-18-11-12-22(15-19(18)2)31-14-13-26-24(28)17-27(21-8-6-7-20(25)16-21)32(29,30)23-9-4-3-5-10-23/h3-12,15-16H,13-14,17H2,1-2H3,(H,26,28). The number of anilines is 1. The first-order chi connectivity index (χ1) is 15.3. The van der Waals surface area contributed by atoms with E-state index in [1.54, 1.807) is 36.4 Å². The van der Waals surface area contributed by atoms with Crippen molar-refractivity contribution in [1.29, 1.82) is 0 Å². The summed E-state index contributed by atoms with van der Waals surface area (Å²) in [6, 6.07) is 20.1. The zero-order valence-corrected chi connectivity index (χ0v) is 19.5. The Kier molecular flexibility index (Phi) is 7.77. The maximum absolute atomic E-state index is 13.2. The van der Waals surface area contributed by atoms with Crippen molar-refractivity contribution in [3.63, 3.8) is 0 Å². The lowest BCUT2D eigenvalue weighted by Gasteiger charge is -2.24. The third-order valence-corrected chi connectivity index (χ3v) is 6.91. The summed E-state index contributed by atoms with van der Waals surface area (Å²) in [5, 5.41) is 3.09. The fourth-order valence-electron chi connectivity index (χ4n) is 3.02. The van der Waals surface area contributed by atoms with Crippen LogP contribution in [0.4, 0.5) is 5.69 Å². The van der Waals surface area contributed by atoms with Gasteiger partial charge in [-0.05, 0) is 67.4 Å². The van der Waals surface area contributed by atoms with E-state index < -0.39 is 15.9 Å². The molecular weight excluding hydrogens is 448 g/mol. The molecule has 0 aliphatic carbocycles. The van der Waals surface area contributed by atoms with Gasteiger partial charge in [0.25, 0.3) is 10.0 Å². The first kappa shape index (κ1) is 23.6. The van der Waals surface area contributed by atoms with Crippen molar-refractivity contribution in [3.05, 3.63) is 88.9 Å². The Balaban J connectivity index is 1.68. The largest absolute Gasteiger partial charge is 0.492 e. The average Bonchev–Trinajstić information content (AvgIpc) is 2.78. The zero-order valence-electron chi connectivity index (χ0n) is 17.9. The Morgan fingerprint density at radius 3 is 2.41 bits per heavy atom. The number of hydrogen-bond acceptors (Lipinski definition) is 4. The quantitative estimate of drug-likeness (QED) is 0.470. The second kappa shape index (κ2) is 10.5. The average molecular weight is 473 g/mol. The van der Waals surface area contributed by atoms with Gasteiger partial charge in [0.05, 0.1) is 17.1 Å². The molecule has 0 aromatic heterocycles. The highest BCUT2D eigenvalue weighted by molar-refractivity contribution is 7.92. The maximum Gasteiger partial charge on any atom is 0.264 e. The summed E-state index contributed by atoms with van der Waals surface area (Å²) in [4.78, 5) is 12.7. The molecule has 6 nitrogen and oxygen atoms in total. The minimum absolute atomic E-state index is 0.0887. The third-order valence-electron chi connectivity index (χ3n) is 4.89. The lowest BCUT2D eigenvalue weighted by atomic mass is 10.1. The first-order valence-electron chi connectivity index (χ1n) is 10.1. The van der Waals surface area contributed by atoms with Gasteiger partial charge in [0, 0.05) is 5.02 Å². The normalized spacial score (nSPS) is 11.1. The minimum Gasteiger partial charge on any atom is -0.492 e. The van der Waals surface area contributed by atoms with Gasteiger partial charge < -0.3 is 10.1 Å². The van der Waals surface area contributed by atoms with Crippen LogP contribution in [-0.2, 0) is 14.8 Å².